The molecule has 0 bridgehead atoms. The number of esters is 1. The summed E-state index contributed by atoms with van der Waals surface area (Å²) in [4.78, 5) is 14.0. The molecule has 2 N–H and O–H groups in total. The predicted octanol–water partition coefficient (Wildman–Crippen LogP) is 1.93. The summed E-state index contributed by atoms with van der Waals surface area (Å²) in [5.41, 5.74) is 0.367. The molecular formula is C20H32NO3+. The Morgan fingerprint density at radius 1 is 1.25 bits per heavy atom. The quantitative estimate of drug-likeness (QED) is 0.782. The predicted molar refractivity (Wildman–Crippen MR) is 95.1 cm³/mol. The Balaban J connectivity index is 2.13. The molecule has 1 aliphatic carbocycles. The lowest BCUT2D eigenvalue weighted by Crippen LogP contribution is -3.12. The van der Waals surface area contributed by atoms with Crippen LogP contribution in [0.4, 0.5) is 0 Å². The number of ether oxygens (including phenoxy) is 1. The third kappa shape index (κ3) is 4.58. The highest BCUT2D eigenvalue weighted by atomic mass is 16.5. The molecule has 0 aliphatic heterocycles. The number of hydrogen-bond acceptors (Lipinski definition) is 3. The van der Waals surface area contributed by atoms with Crippen LogP contribution in [-0.2, 0) is 4.74 Å². The van der Waals surface area contributed by atoms with Crippen LogP contribution >= 0.6 is 0 Å². The Labute approximate surface area is 145 Å². The highest BCUT2D eigenvalue weighted by molar-refractivity contribution is 5.89. The fraction of sp³-hybridized carbons (Fsp3) is 0.650. The van der Waals surface area contributed by atoms with Crippen molar-refractivity contribution in [1.29, 1.82) is 0 Å². The van der Waals surface area contributed by atoms with Gasteiger partial charge in [0.2, 0.25) is 0 Å². The van der Waals surface area contributed by atoms with Gasteiger partial charge in [-0.05, 0) is 44.2 Å². The van der Waals surface area contributed by atoms with E-state index in [1.54, 1.807) is 12.1 Å². The molecule has 1 aromatic rings. The van der Waals surface area contributed by atoms with Crippen molar-refractivity contribution < 1.29 is 19.5 Å². The molecular weight excluding hydrogens is 302 g/mol. The average molecular weight is 334 g/mol. The summed E-state index contributed by atoms with van der Waals surface area (Å²) in [6, 6.07) is 9.17. The van der Waals surface area contributed by atoms with Crippen LogP contribution in [0, 0.1) is 11.3 Å². The number of aliphatic hydroxyl groups is 1. The van der Waals surface area contributed by atoms with Gasteiger partial charge in [-0.2, -0.15) is 0 Å². The Morgan fingerprint density at radius 2 is 1.88 bits per heavy atom. The minimum Gasteiger partial charge on any atom is -0.458 e. The molecule has 1 fully saturated rings. The van der Waals surface area contributed by atoms with Crippen LogP contribution in [0.1, 0.15) is 50.9 Å². The zero-order chi connectivity index (χ0) is 17.7. The smallest absolute Gasteiger partial charge is 0.338 e. The van der Waals surface area contributed by atoms with E-state index in [4.69, 9.17) is 4.74 Å². The summed E-state index contributed by atoms with van der Waals surface area (Å²) < 4.78 is 5.90. The number of benzene rings is 1. The summed E-state index contributed by atoms with van der Waals surface area (Å²) in [5, 5.41) is 10.5. The molecule has 4 heteroatoms. The van der Waals surface area contributed by atoms with Crippen LogP contribution in [0.2, 0.25) is 0 Å². The van der Waals surface area contributed by atoms with Crippen LogP contribution in [0.3, 0.4) is 0 Å². The fourth-order valence-electron chi connectivity index (χ4n) is 3.62. The van der Waals surface area contributed by atoms with E-state index < -0.39 is 0 Å². The first kappa shape index (κ1) is 18.9. The van der Waals surface area contributed by atoms with Crippen molar-refractivity contribution in [3.05, 3.63) is 35.9 Å². The molecule has 3 atom stereocenters. The summed E-state index contributed by atoms with van der Waals surface area (Å²) in [6.45, 7) is 11.5. The molecule has 1 aliphatic rings. The molecule has 0 radical (unpaired) electrons. The van der Waals surface area contributed by atoms with Crippen molar-refractivity contribution in [2.75, 3.05) is 19.6 Å². The summed E-state index contributed by atoms with van der Waals surface area (Å²) in [6.07, 6.45) is 0.926. The van der Waals surface area contributed by atoms with Crippen LogP contribution in [0.25, 0.3) is 0 Å². The minimum atomic E-state index is -0.343. The summed E-state index contributed by atoms with van der Waals surface area (Å²) in [7, 11) is 0. The Morgan fingerprint density at radius 3 is 2.46 bits per heavy atom. The number of rotatable bonds is 6. The molecule has 0 aromatic heterocycles. The van der Waals surface area contributed by atoms with Gasteiger partial charge in [-0.15, -0.1) is 0 Å². The molecule has 1 saturated carbocycles. The first-order valence-electron chi connectivity index (χ1n) is 9.15. The van der Waals surface area contributed by atoms with Crippen molar-refractivity contribution in [2.45, 2.75) is 52.7 Å². The molecule has 0 heterocycles. The molecule has 0 unspecified atom stereocenters. The van der Waals surface area contributed by atoms with Crippen molar-refractivity contribution in [2.24, 2.45) is 11.3 Å². The first-order valence-corrected chi connectivity index (χ1v) is 9.15. The van der Waals surface area contributed by atoms with E-state index in [0.29, 0.717) is 18.4 Å². The van der Waals surface area contributed by atoms with Gasteiger partial charge in [-0.1, -0.05) is 32.0 Å². The summed E-state index contributed by atoms with van der Waals surface area (Å²) in [5.74, 6) is -0.0528. The lowest BCUT2D eigenvalue weighted by molar-refractivity contribution is -0.900. The zero-order valence-electron chi connectivity index (χ0n) is 15.4. The topological polar surface area (TPSA) is 51.0 Å². The molecule has 4 nitrogen and oxygen atoms in total. The SMILES string of the molecule is CC[NH+](CC)C[C@@H]1C[C@@H](O)C(C)(C)C[C@@H]1OC(=O)c1ccccc1. The maximum Gasteiger partial charge on any atom is 0.338 e. The molecule has 0 spiro atoms. The highest BCUT2D eigenvalue weighted by Gasteiger charge is 2.44. The minimum absolute atomic E-state index is 0.135. The van der Waals surface area contributed by atoms with Crippen LogP contribution in [0.5, 0.6) is 0 Å². The van der Waals surface area contributed by atoms with Crippen molar-refractivity contribution >= 4 is 5.97 Å². The van der Waals surface area contributed by atoms with Gasteiger partial charge in [0.15, 0.2) is 0 Å². The Kier molecular flexibility index (Phi) is 6.41. The molecule has 2 rings (SSSR count). The van der Waals surface area contributed by atoms with Gasteiger partial charge in [0, 0.05) is 5.92 Å². The molecule has 24 heavy (non-hydrogen) atoms. The van der Waals surface area contributed by atoms with Crippen molar-refractivity contribution in [1.82, 2.24) is 0 Å². The van der Waals surface area contributed by atoms with Crippen LogP contribution in [-0.4, -0.2) is 42.9 Å². The third-order valence-corrected chi connectivity index (χ3v) is 5.50. The number of carbonyl (C=O) groups is 1. The van der Waals surface area contributed by atoms with Gasteiger partial charge in [-0.25, -0.2) is 4.79 Å². The summed E-state index contributed by atoms with van der Waals surface area (Å²) >= 11 is 0. The maximum atomic E-state index is 12.5. The number of quaternary nitrogens is 1. The Hall–Kier alpha value is -1.39. The molecule has 0 amide bonds. The monoisotopic (exact) mass is 334 g/mol. The van der Waals surface area contributed by atoms with Gasteiger partial charge in [0.05, 0.1) is 31.3 Å². The van der Waals surface area contributed by atoms with E-state index in [-0.39, 0.29) is 29.5 Å². The second-order valence-electron chi connectivity index (χ2n) is 7.68. The van der Waals surface area contributed by atoms with Crippen LogP contribution in [0.15, 0.2) is 30.3 Å². The number of carbonyl (C=O) groups excluding carboxylic acids is 1. The number of aliphatic hydroxyl groups excluding tert-OH is 1. The van der Waals surface area contributed by atoms with E-state index in [1.165, 1.54) is 4.90 Å². The average Bonchev–Trinajstić information content (AvgIpc) is 2.57. The number of hydrogen-bond donors (Lipinski definition) is 2. The van der Waals surface area contributed by atoms with Gasteiger partial charge in [0.25, 0.3) is 0 Å². The maximum absolute atomic E-state index is 12.5. The van der Waals surface area contributed by atoms with Crippen molar-refractivity contribution in [3.8, 4) is 0 Å². The zero-order valence-corrected chi connectivity index (χ0v) is 15.4. The Bertz CT molecular complexity index is 523. The van der Waals surface area contributed by atoms with Gasteiger partial charge >= 0.3 is 5.97 Å². The lowest BCUT2D eigenvalue weighted by Gasteiger charge is -2.44. The molecule has 134 valence electrons. The third-order valence-electron chi connectivity index (χ3n) is 5.50. The first-order chi connectivity index (χ1) is 11.4. The number of nitrogens with one attached hydrogen (secondary N) is 1. The lowest BCUT2D eigenvalue weighted by atomic mass is 9.69. The van der Waals surface area contributed by atoms with E-state index in [2.05, 4.69) is 27.7 Å². The van der Waals surface area contributed by atoms with Crippen molar-refractivity contribution in [3.63, 3.8) is 0 Å². The normalized spacial score (nSPS) is 26.3. The second-order valence-corrected chi connectivity index (χ2v) is 7.68. The van der Waals surface area contributed by atoms with Gasteiger partial charge < -0.3 is 14.7 Å². The van der Waals surface area contributed by atoms with E-state index in [0.717, 1.165) is 19.6 Å². The fourth-order valence-corrected chi connectivity index (χ4v) is 3.62. The van der Waals surface area contributed by atoms with E-state index in [1.807, 2.05) is 18.2 Å². The molecule has 1 aromatic carbocycles. The second kappa shape index (κ2) is 8.13. The van der Waals surface area contributed by atoms with Gasteiger partial charge in [0.1, 0.15) is 6.10 Å². The standard InChI is InChI=1S/C20H31NO3/c1-5-21(6-2)14-16-12-18(22)20(3,4)13-17(16)24-19(23)15-10-8-7-9-11-15/h7-11,16-18,22H,5-6,12-14H2,1-4H3/p+1/t16-,17-,18+/m0/s1. The highest BCUT2D eigenvalue weighted by Crippen LogP contribution is 2.39. The van der Waals surface area contributed by atoms with Gasteiger partial charge in [-0.3, -0.25) is 0 Å². The van der Waals surface area contributed by atoms with E-state index >= 15 is 0 Å². The van der Waals surface area contributed by atoms with E-state index in [9.17, 15) is 9.90 Å². The molecule has 0 saturated heterocycles. The van der Waals surface area contributed by atoms with Crippen LogP contribution < -0.4 is 4.90 Å². The largest absolute Gasteiger partial charge is 0.458 e.